The highest BCUT2D eigenvalue weighted by Gasteiger charge is 2.22. The normalized spacial score (nSPS) is 21.4. The summed E-state index contributed by atoms with van der Waals surface area (Å²) >= 11 is 1.64. The average molecular weight is 352 g/mol. The molecule has 6 nitrogen and oxygen atoms in total. The summed E-state index contributed by atoms with van der Waals surface area (Å²) < 4.78 is 0. The Hall–Kier alpha value is -1.63. The Bertz CT molecular complexity index is 569. The van der Waals surface area contributed by atoms with Crippen molar-refractivity contribution >= 4 is 23.2 Å². The summed E-state index contributed by atoms with van der Waals surface area (Å²) in [6.07, 6.45) is 4.95. The summed E-state index contributed by atoms with van der Waals surface area (Å²) in [7, 11) is 3.50. The molecule has 0 saturated heterocycles. The van der Waals surface area contributed by atoms with Gasteiger partial charge in [0, 0.05) is 31.2 Å². The SMILES string of the molecule is Cc1csc(CNC(=NCC(=O)N(C)C)NC2CCCCC2C)n1. The number of rotatable bonds is 5. The molecule has 2 rings (SSSR count). The molecule has 1 saturated carbocycles. The van der Waals surface area contributed by atoms with Gasteiger partial charge in [0.2, 0.25) is 5.91 Å². The second-order valence-corrected chi connectivity index (χ2v) is 7.64. The van der Waals surface area contributed by atoms with Crippen molar-refractivity contribution < 1.29 is 4.79 Å². The molecule has 1 aromatic heterocycles. The van der Waals surface area contributed by atoms with E-state index in [2.05, 4.69) is 27.5 Å². The minimum absolute atomic E-state index is 0.00196. The van der Waals surface area contributed by atoms with Crippen LogP contribution in [0.1, 0.15) is 43.3 Å². The van der Waals surface area contributed by atoms with E-state index < -0.39 is 0 Å². The molecule has 2 unspecified atom stereocenters. The van der Waals surface area contributed by atoms with Crippen LogP contribution in [0, 0.1) is 12.8 Å². The number of amides is 1. The molecule has 1 amide bonds. The summed E-state index contributed by atoms with van der Waals surface area (Å²) in [5, 5.41) is 9.92. The molecule has 1 aromatic rings. The number of carbonyl (C=O) groups excluding carboxylic acids is 1. The maximum absolute atomic E-state index is 11.8. The summed E-state index contributed by atoms with van der Waals surface area (Å²) in [4.78, 5) is 22.3. The Balaban J connectivity index is 1.99. The zero-order valence-electron chi connectivity index (χ0n) is 15.1. The van der Waals surface area contributed by atoms with E-state index >= 15 is 0 Å². The number of guanidine groups is 1. The van der Waals surface area contributed by atoms with Crippen LogP contribution in [0.5, 0.6) is 0 Å². The number of nitrogens with one attached hydrogen (secondary N) is 2. The molecule has 1 heterocycles. The Morgan fingerprint density at radius 1 is 1.42 bits per heavy atom. The lowest BCUT2D eigenvalue weighted by atomic mass is 9.86. The van der Waals surface area contributed by atoms with Crippen LogP contribution in [0.2, 0.25) is 0 Å². The molecule has 1 aliphatic carbocycles. The lowest BCUT2D eigenvalue weighted by molar-refractivity contribution is -0.127. The fourth-order valence-electron chi connectivity index (χ4n) is 2.79. The zero-order valence-corrected chi connectivity index (χ0v) is 15.9. The standard InChI is InChI=1S/C17H29N5OS/c1-12-7-5-6-8-14(12)21-17(19-10-16(23)22(3)4)18-9-15-20-13(2)11-24-15/h11-12,14H,5-10H2,1-4H3,(H2,18,19,21). The van der Waals surface area contributed by atoms with E-state index in [0.717, 1.165) is 17.1 Å². The Morgan fingerprint density at radius 3 is 2.79 bits per heavy atom. The van der Waals surface area contributed by atoms with Crippen molar-refractivity contribution in [2.24, 2.45) is 10.9 Å². The third kappa shape index (κ3) is 5.78. The van der Waals surface area contributed by atoms with Crippen LogP contribution >= 0.6 is 11.3 Å². The van der Waals surface area contributed by atoms with Crippen molar-refractivity contribution in [3.8, 4) is 0 Å². The zero-order chi connectivity index (χ0) is 17.5. The van der Waals surface area contributed by atoms with Gasteiger partial charge in [0.25, 0.3) is 0 Å². The molecule has 1 fully saturated rings. The van der Waals surface area contributed by atoms with Gasteiger partial charge in [-0.05, 0) is 25.7 Å². The first kappa shape index (κ1) is 18.7. The van der Waals surface area contributed by atoms with Gasteiger partial charge in [-0.3, -0.25) is 4.79 Å². The van der Waals surface area contributed by atoms with Gasteiger partial charge < -0.3 is 15.5 Å². The predicted molar refractivity (Wildman–Crippen MR) is 99.2 cm³/mol. The van der Waals surface area contributed by atoms with Crippen molar-refractivity contribution in [3.05, 3.63) is 16.1 Å². The number of likely N-dealkylation sites (N-methyl/N-ethyl adjacent to an activating group) is 1. The van der Waals surface area contributed by atoms with E-state index in [1.54, 1.807) is 30.3 Å². The Morgan fingerprint density at radius 2 is 2.17 bits per heavy atom. The minimum Gasteiger partial charge on any atom is -0.353 e. The van der Waals surface area contributed by atoms with Crippen LogP contribution in [0.25, 0.3) is 0 Å². The highest BCUT2D eigenvalue weighted by Crippen LogP contribution is 2.23. The Labute approximate surface area is 148 Å². The van der Waals surface area contributed by atoms with Crippen molar-refractivity contribution in [2.75, 3.05) is 20.6 Å². The van der Waals surface area contributed by atoms with Crippen LogP contribution in [0.15, 0.2) is 10.4 Å². The van der Waals surface area contributed by atoms with E-state index in [1.165, 1.54) is 19.3 Å². The largest absolute Gasteiger partial charge is 0.353 e. The van der Waals surface area contributed by atoms with Crippen molar-refractivity contribution in [3.63, 3.8) is 0 Å². The molecule has 2 N–H and O–H groups in total. The lowest BCUT2D eigenvalue weighted by Crippen LogP contribution is -2.47. The van der Waals surface area contributed by atoms with E-state index in [-0.39, 0.29) is 12.5 Å². The number of hydrogen-bond acceptors (Lipinski definition) is 4. The van der Waals surface area contributed by atoms with Gasteiger partial charge in [0.15, 0.2) is 5.96 Å². The highest BCUT2D eigenvalue weighted by molar-refractivity contribution is 7.09. The van der Waals surface area contributed by atoms with E-state index in [1.807, 2.05) is 12.3 Å². The number of aromatic nitrogens is 1. The van der Waals surface area contributed by atoms with E-state index in [4.69, 9.17) is 0 Å². The van der Waals surface area contributed by atoms with Crippen molar-refractivity contribution in [1.29, 1.82) is 0 Å². The lowest BCUT2D eigenvalue weighted by Gasteiger charge is -2.30. The van der Waals surface area contributed by atoms with Crippen LogP contribution in [-0.2, 0) is 11.3 Å². The summed E-state index contributed by atoms with van der Waals surface area (Å²) in [5.41, 5.74) is 1.03. The molecule has 0 aromatic carbocycles. The fourth-order valence-corrected chi connectivity index (χ4v) is 3.50. The van der Waals surface area contributed by atoms with Crippen LogP contribution in [0.3, 0.4) is 0 Å². The number of carbonyl (C=O) groups is 1. The van der Waals surface area contributed by atoms with Gasteiger partial charge in [-0.15, -0.1) is 11.3 Å². The molecule has 0 bridgehead atoms. The number of nitrogens with zero attached hydrogens (tertiary/aromatic N) is 3. The number of aryl methyl sites for hydroxylation is 1. The van der Waals surface area contributed by atoms with Gasteiger partial charge in [0.1, 0.15) is 11.6 Å². The predicted octanol–water partition coefficient (Wildman–Crippen LogP) is 2.15. The van der Waals surface area contributed by atoms with Crippen LogP contribution < -0.4 is 10.6 Å². The highest BCUT2D eigenvalue weighted by atomic mass is 32.1. The number of thiazole rings is 1. The molecule has 7 heteroatoms. The Kier molecular flexibility index (Phi) is 7.02. The van der Waals surface area contributed by atoms with Crippen molar-refractivity contribution in [1.82, 2.24) is 20.5 Å². The van der Waals surface area contributed by atoms with Gasteiger partial charge in [-0.25, -0.2) is 9.98 Å². The molecule has 0 aliphatic heterocycles. The van der Waals surface area contributed by atoms with Crippen LogP contribution in [-0.4, -0.2) is 48.4 Å². The van der Waals surface area contributed by atoms with Crippen molar-refractivity contribution in [2.45, 2.75) is 52.1 Å². The molecule has 0 spiro atoms. The molecule has 2 atom stereocenters. The van der Waals surface area contributed by atoms with Crippen LogP contribution in [0.4, 0.5) is 0 Å². The fraction of sp³-hybridized carbons (Fsp3) is 0.706. The van der Waals surface area contributed by atoms with Gasteiger partial charge in [-0.2, -0.15) is 0 Å². The quantitative estimate of drug-likeness (QED) is 0.630. The third-order valence-corrected chi connectivity index (χ3v) is 5.35. The van der Waals surface area contributed by atoms with E-state index in [9.17, 15) is 4.79 Å². The summed E-state index contributed by atoms with van der Waals surface area (Å²) in [6, 6.07) is 0.414. The summed E-state index contributed by atoms with van der Waals surface area (Å²) in [6.45, 7) is 5.05. The molecular formula is C17H29N5OS. The first-order valence-electron chi connectivity index (χ1n) is 8.61. The first-order valence-corrected chi connectivity index (χ1v) is 9.49. The topological polar surface area (TPSA) is 69.6 Å². The molecule has 0 radical (unpaired) electrons. The summed E-state index contributed by atoms with van der Waals surface area (Å²) in [5.74, 6) is 1.33. The number of hydrogen-bond donors (Lipinski definition) is 2. The first-order chi connectivity index (χ1) is 11.5. The molecular weight excluding hydrogens is 322 g/mol. The van der Waals surface area contributed by atoms with E-state index in [0.29, 0.717) is 24.5 Å². The minimum atomic E-state index is -0.00196. The molecule has 24 heavy (non-hydrogen) atoms. The third-order valence-electron chi connectivity index (χ3n) is 4.38. The number of aliphatic imine (C=N–C) groups is 1. The second kappa shape index (κ2) is 9.01. The van der Waals surface area contributed by atoms with Gasteiger partial charge >= 0.3 is 0 Å². The smallest absolute Gasteiger partial charge is 0.243 e. The molecule has 134 valence electrons. The monoisotopic (exact) mass is 351 g/mol. The average Bonchev–Trinajstić information content (AvgIpc) is 2.97. The van der Waals surface area contributed by atoms with Gasteiger partial charge in [0.05, 0.1) is 6.54 Å². The van der Waals surface area contributed by atoms with Gasteiger partial charge in [-0.1, -0.05) is 19.8 Å². The molecule has 1 aliphatic rings. The maximum atomic E-state index is 11.8. The second-order valence-electron chi connectivity index (χ2n) is 6.70. The maximum Gasteiger partial charge on any atom is 0.243 e.